The molecule has 0 fully saturated rings. The van der Waals surface area contributed by atoms with E-state index in [1.54, 1.807) is 7.05 Å². The first-order valence-electron chi connectivity index (χ1n) is 6.57. The second-order valence-corrected chi connectivity index (χ2v) is 6.01. The zero-order valence-corrected chi connectivity index (χ0v) is 12.5. The van der Waals surface area contributed by atoms with Gasteiger partial charge in [0.25, 0.3) is 0 Å². The fourth-order valence-corrected chi connectivity index (χ4v) is 1.47. The van der Waals surface area contributed by atoms with Gasteiger partial charge in [-0.15, -0.1) is 0 Å². The summed E-state index contributed by atoms with van der Waals surface area (Å²) in [6, 6.07) is 0.177. The third kappa shape index (κ3) is 11.9. The molecule has 0 rings (SSSR count). The number of aliphatic imine (C=N–C) groups is 1. The smallest absolute Gasteiger partial charge is 0.356 e. The van der Waals surface area contributed by atoms with E-state index in [4.69, 9.17) is 0 Å². The Bertz CT molecular complexity index is 280. The number of nitrogens with zero attached hydrogens (tertiary/aromatic N) is 1. The first kappa shape index (κ1) is 18.1. The molecule has 0 aliphatic rings. The quantitative estimate of drug-likeness (QED) is 0.599. The van der Waals surface area contributed by atoms with Crippen molar-refractivity contribution in [2.45, 2.75) is 59.2 Å². The molecule has 0 spiro atoms. The molecule has 2 N–H and O–H groups in total. The predicted molar refractivity (Wildman–Crippen MR) is 73.3 cm³/mol. The van der Waals surface area contributed by atoms with Crippen LogP contribution in [0.25, 0.3) is 0 Å². The van der Waals surface area contributed by atoms with Gasteiger partial charge in [0.05, 0.1) is 6.42 Å². The summed E-state index contributed by atoms with van der Waals surface area (Å²) in [6.45, 7) is 8.33. The summed E-state index contributed by atoms with van der Waals surface area (Å²) in [5, 5.41) is 5.77. The van der Waals surface area contributed by atoms with E-state index in [9.17, 15) is 13.2 Å². The molecule has 0 aromatic heterocycles. The van der Waals surface area contributed by atoms with E-state index in [1.165, 1.54) is 0 Å². The van der Waals surface area contributed by atoms with E-state index < -0.39 is 12.6 Å². The van der Waals surface area contributed by atoms with Gasteiger partial charge in [-0.25, -0.2) is 0 Å². The highest BCUT2D eigenvalue weighted by atomic mass is 19.4. The van der Waals surface area contributed by atoms with E-state index in [2.05, 4.69) is 36.4 Å². The lowest BCUT2D eigenvalue weighted by atomic mass is 9.89. The van der Waals surface area contributed by atoms with Gasteiger partial charge in [-0.2, -0.15) is 13.2 Å². The normalized spacial score (nSPS) is 15.3. The minimum atomic E-state index is -4.14. The maximum Gasteiger partial charge on any atom is 0.390 e. The summed E-state index contributed by atoms with van der Waals surface area (Å²) >= 11 is 0. The Labute approximate surface area is 114 Å². The summed E-state index contributed by atoms with van der Waals surface area (Å²) in [4.78, 5) is 3.92. The van der Waals surface area contributed by atoms with Crippen LogP contribution in [0.2, 0.25) is 0 Å². The summed E-state index contributed by atoms with van der Waals surface area (Å²) in [6.07, 6.45) is -3.00. The van der Waals surface area contributed by atoms with Gasteiger partial charge in [0.2, 0.25) is 0 Å². The Balaban J connectivity index is 3.99. The largest absolute Gasteiger partial charge is 0.390 e. The molecule has 0 saturated heterocycles. The first-order chi connectivity index (χ1) is 8.53. The molecular weight excluding hydrogens is 255 g/mol. The molecular formula is C13H26F3N3. The molecule has 0 aliphatic heterocycles. The van der Waals surface area contributed by atoms with Gasteiger partial charge in [-0.05, 0) is 25.2 Å². The molecule has 6 heteroatoms. The van der Waals surface area contributed by atoms with Crippen molar-refractivity contribution in [3.63, 3.8) is 0 Å². The highest BCUT2D eigenvalue weighted by molar-refractivity contribution is 5.79. The van der Waals surface area contributed by atoms with Gasteiger partial charge in [-0.1, -0.05) is 20.8 Å². The Morgan fingerprint density at radius 2 is 1.74 bits per heavy atom. The highest BCUT2D eigenvalue weighted by Gasteiger charge is 2.26. The summed E-state index contributed by atoms with van der Waals surface area (Å²) in [5.41, 5.74) is 0.253. The molecule has 0 radical (unpaired) electrons. The first-order valence-corrected chi connectivity index (χ1v) is 6.57. The number of halogens is 3. The maximum absolute atomic E-state index is 12.0. The number of nitrogens with one attached hydrogen (secondary N) is 2. The molecule has 0 bridgehead atoms. The topological polar surface area (TPSA) is 36.4 Å². The molecule has 3 nitrogen and oxygen atoms in total. The average Bonchev–Trinajstić information content (AvgIpc) is 2.22. The van der Waals surface area contributed by atoms with Crippen LogP contribution in [0.1, 0.15) is 47.0 Å². The Morgan fingerprint density at radius 3 is 2.16 bits per heavy atom. The van der Waals surface area contributed by atoms with Crippen LogP contribution >= 0.6 is 0 Å². The predicted octanol–water partition coefficient (Wildman–Crippen LogP) is 3.32. The zero-order chi connectivity index (χ0) is 15.1. The van der Waals surface area contributed by atoms with Crippen LogP contribution in [0, 0.1) is 5.41 Å². The van der Waals surface area contributed by atoms with E-state index in [1.807, 2.05) is 6.92 Å². The molecule has 0 aromatic rings. The van der Waals surface area contributed by atoms with Crippen molar-refractivity contribution < 1.29 is 13.2 Å². The van der Waals surface area contributed by atoms with Gasteiger partial charge >= 0.3 is 6.18 Å². The second-order valence-electron chi connectivity index (χ2n) is 6.01. The van der Waals surface area contributed by atoms with Crippen molar-refractivity contribution in [2.75, 3.05) is 13.6 Å². The van der Waals surface area contributed by atoms with E-state index in [0.29, 0.717) is 5.96 Å². The number of rotatable bonds is 5. The lowest BCUT2D eigenvalue weighted by molar-refractivity contribution is -0.132. The number of hydrogen-bond donors (Lipinski definition) is 2. The molecule has 0 amide bonds. The van der Waals surface area contributed by atoms with Gasteiger partial charge in [0, 0.05) is 19.6 Å². The molecule has 1 atom stereocenters. The van der Waals surface area contributed by atoms with Crippen LogP contribution in [0.3, 0.4) is 0 Å². The average molecular weight is 281 g/mol. The molecule has 0 heterocycles. The highest BCUT2D eigenvalue weighted by Crippen LogP contribution is 2.21. The summed E-state index contributed by atoms with van der Waals surface area (Å²) < 4.78 is 36.1. The number of hydrogen-bond acceptors (Lipinski definition) is 1. The molecule has 0 saturated carbocycles. The molecule has 0 aromatic carbocycles. The fourth-order valence-electron chi connectivity index (χ4n) is 1.47. The lowest BCUT2D eigenvalue weighted by Crippen LogP contribution is -2.43. The van der Waals surface area contributed by atoms with E-state index >= 15 is 0 Å². The molecule has 0 aliphatic carbocycles. The minimum absolute atomic E-state index is 0.158. The Morgan fingerprint density at radius 1 is 1.16 bits per heavy atom. The molecule has 1 unspecified atom stereocenters. The number of guanidine groups is 1. The van der Waals surface area contributed by atoms with Crippen molar-refractivity contribution in [3.05, 3.63) is 0 Å². The molecule has 114 valence electrons. The standard InChI is InChI=1S/C13H26F3N3/c1-10(6-7-12(2,3)4)19-11(17-5)18-9-8-13(14,15)16/h10H,6-9H2,1-5H3,(H2,17,18,19). The van der Waals surface area contributed by atoms with Gasteiger partial charge in [0.15, 0.2) is 5.96 Å². The van der Waals surface area contributed by atoms with Crippen molar-refractivity contribution in [3.8, 4) is 0 Å². The summed E-state index contributed by atoms with van der Waals surface area (Å²) in [7, 11) is 1.55. The van der Waals surface area contributed by atoms with Crippen LogP contribution in [0.5, 0.6) is 0 Å². The van der Waals surface area contributed by atoms with E-state index in [-0.39, 0.29) is 18.0 Å². The lowest BCUT2D eigenvalue weighted by Gasteiger charge is -2.23. The molecule has 19 heavy (non-hydrogen) atoms. The van der Waals surface area contributed by atoms with Crippen LogP contribution in [-0.4, -0.2) is 31.8 Å². The van der Waals surface area contributed by atoms with Gasteiger partial charge in [-0.3, -0.25) is 4.99 Å². The Hall–Kier alpha value is -0.940. The van der Waals surface area contributed by atoms with E-state index in [0.717, 1.165) is 12.8 Å². The van der Waals surface area contributed by atoms with Crippen LogP contribution < -0.4 is 10.6 Å². The monoisotopic (exact) mass is 281 g/mol. The van der Waals surface area contributed by atoms with Crippen molar-refractivity contribution in [1.82, 2.24) is 10.6 Å². The van der Waals surface area contributed by atoms with Crippen molar-refractivity contribution in [1.29, 1.82) is 0 Å². The third-order valence-corrected chi connectivity index (χ3v) is 2.63. The van der Waals surface area contributed by atoms with Crippen LogP contribution in [0.4, 0.5) is 13.2 Å². The minimum Gasteiger partial charge on any atom is -0.356 e. The SMILES string of the molecule is CN=C(NCCC(F)(F)F)NC(C)CCC(C)(C)C. The number of alkyl halides is 3. The Kier molecular flexibility index (Phi) is 7.23. The third-order valence-electron chi connectivity index (χ3n) is 2.63. The van der Waals surface area contributed by atoms with Crippen molar-refractivity contribution in [2.24, 2.45) is 10.4 Å². The van der Waals surface area contributed by atoms with Gasteiger partial charge < -0.3 is 10.6 Å². The fraction of sp³-hybridized carbons (Fsp3) is 0.923. The van der Waals surface area contributed by atoms with Crippen LogP contribution in [0.15, 0.2) is 4.99 Å². The summed E-state index contributed by atoms with van der Waals surface area (Å²) in [5.74, 6) is 0.422. The maximum atomic E-state index is 12.0. The van der Waals surface area contributed by atoms with Crippen molar-refractivity contribution >= 4 is 5.96 Å². The second kappa shape index (κ2) is 7.60. The van der Waals surface area contributed by atoms with Gasteiger partial charge in [0.1, 0.15) is 0 Å². The zero-order valence-electron chi connectivity index (χ0n) is 12.5. The van der Waals surface area contributed by atoms with Crippen LogP contribution in [-0.2, 0) is 0 Å².